The molecule has 14 heavy (non-hydrogen) atoms. The summed E-state index contributed by atoms with van der Waals surface area (Å²) < 4.78 is 0. The van der Waals surface area contributed by atoms with Crippen LogP contribution in [0.5, 0.6) is 0 Å². The Labute approximate surface area is 91.4 Å². The maximum atomic E-state index is 6.06. The molecule has 0 radical (unpaired) electrons. The van der Waals surface area contributed by atoms with Crippen molar-refractivity contribution in [2.24, 2.45) is 5.73 Å². The fourth-order valence-corrected chi connectivity index (χ4v) is 1.92. The highest BCUT2D eigenvalue weighted by Gasteiger charge is 2.19. The van der Waals surface area contributed by atoms with Crippen molar-refractivity contribution in [3.8, 4) is 0 Å². The molecular weight excluding hydrogens is 194 g/mol. The lowest BCUT2D eigenvalue weighted by molar-refractivity contribution is 0.521. The van der Waals surface area contributed by atoms with Crippen molar-refractivity contribution in [3.63, 3.8) is 0 Å². The van der Waals surface area contributed by atoms with Crippen LogP contribution in [0.15, 0.2) is 42.5 Å². The zero-order valence-electron chi connectivity index (χ0n) is 8.10. The predicted molar refractivity (Wildman–Crippen MR) is 62.8 cm³/mol. The number of allylic oxidation sites excluding steroid dienone is 1. The Kier molecular flexibility index (Phi) is 4.18. The lowest BCUT2D eigenvalue weighted by atomic mass is 9.84. The molecule has 1 aromatic carbocycles. The minimum Gasteiger partial charge on any atom is -0.327 e. The minimum absolute atomic E-state index is 0. The normalized spacial score (nSPS) is 25.5. The van der Waals surface area contributed by atoms with Crippen LogP contribution in [-0.4, -0.2) is 6.04 Å². The van der Waals surface area contributed by atoms with Gasteiger partial charge in [0, 0.05) is 12.0 Å². The second-order valence-corrected chi connectivity index (χ2v) is 3.62. The van der Waals surface area contributed by atoms with Gasteiger partial charge in [-0.25, -0.2) is 0 Å². The van der Waals surface area contributed by atoms with Crippen LogP contribution in [0.4, 0.5) is 0 Å². The summed E-state index contributed by atoms with van der Waals surface area (Å²) in [6.45, 7) is 0. The molecule has 1 aromatic rings. The number of benzene rings is 1. The van der Waals surface area contributed by atoms with Crippen molar-refractivity contribution in [3.05, 3.63) is 48.0 Å². The van der Waals surface area contributed by atoms with E-state index in [4.69, 9.17) is 5.73 Å². The van der Waals surface area contributed by atoms with Crippen LogP contribution < -0.4 is 5.73 Å². The van der Waals surface area contributed by atoms with E-state index in [-0.39, 0.29) is 12.4 Å². The van der Waals surface area contributed by atoms with Gasteiger partial charge in [0.2, 0.25) is 0 Å². The summed E-state index contributed by atoms with van der Waals surface area (Å²) in [5.41, 5.74) is 7.43. The molecule has 0 spiro atoms. The standard InChI is InChI=1S/C12H15N.ClH/c13-12-9-5-4-8-11(12)10-6-2-1-3-7-10;/h1-7,11-12H,8-9,13H2;1H. The zero-order chi connectivity index (χ0) is 9.10. The van der Waals surface area contributed by atoms with Gasteiger partial charge in [-0.1, -0.05) is 42.5 Å². The number of rotatable bonds is 1. The number of halogens is 1. The molecule has 1 aliphatic carbocycles. The Balaban J connectivity index is 0.000000980. The van der Waals surface area contributed by atoms with Crippen LogP contribution >= 0.6 is 12.4 Å². The van der Waals surface area contributed by atoms with E-state index in [0.717, 1.165) is 12.8 Å². The Hall–Kier alpha value is -0.790. The molecule has 2 atom stereocenters. The molecule has 2 unspecified atom stereocenters. The fraction of sp³-hybridized carbons (Fsp3) is 0.333. The van der Waals surface area contributed by atoms with Gasteiger partial charge < -0.3 is 5.73 Å². The van der Waals surface area contributed by atoms with Gasteiger partial charge in [0.15, 0.2) is 0 Å². The molecule has 0 amide bonds. The fourth-order valence-electron chi connectivity index (χ4n) is 1.92. The van der Waals surface area contributed by atoms with E-state index < -0.39 is 0 Å². The van der Waals surface area contributed by atoms with Crippen molar-refractivity contribution in [1.82, 2.24) is 0 Å². The minimum atomic E-state index is 0. The van der Waals surface area contributed by atoms with E-state index in [2.05, 4.69) is 36.4 Å². The van der Waals surface area contributed by atoms with Gasteiger partial charge in [-0.05, 0) is 18.4 Å². The first-order valence-electron chi connectivity index (χ1n) is 4.83. The maximum absolute atomic E-state index is 6.06. The number of nitrogens with two attached hydrogens (primary N) is 1. The molecule has 1 nitrogen and oxygen atoms in total. The number of hydrogen-bond acceptors (Lipinski definition) is 1. The molecule has 0 fully saturated rings. The molecule has 2 heteroatoms. The smallest absolute Gasteiger partial charge is 0.0145 e. The van der Waals surface area contributed by atoms with Crippen molar-refractivity contribution in [1.29, 1.82) is 0 Å². The molecule has 0 heterocycles. The van der Waals surface area contributed by atoms with Crippen LogP contribution in [0, 0.1) is 0 Å². The Morgan fingerprint density at radius 2 is 1.64 bits per heavy atom. The van der Waals surface area contributed by atoms with Crippen molar-refractivity contribution in [2.75, 3.05) is 0 Å². The first-order chi connectivity index (χ1) is 6.38. The summed E-state index contributed by atoms with van der Waals surface area (Å²) in [5, 5.41) is 0. The molecule has 1 aliphatic rings. The molecular formula is C12H16ClN. The van der Waals surface area contributed by atoms with Crippen LogP contribution in [0.3, 0.4) is 0 Å². The van der Waals surface area contributed by atoms with Crippen molar-refractivity contribution >= 4 is 12.4 Å². The first kappa shape index (κ1) is 11.3. The van der Waals surface area contributed by atoms with E-state index in [9.17, 15) is 0 Å². The van der Waals surface area contributed by atoms with Gasteiger partial charge in [-0.3, -0.25) is 0 Å². The highest BCUT2D eigenvalue weighted by Crippen LogP contribution is 2.27. The highest BCUT2D eigenvalue weighted by atomic mass is 35.5. The topological polar surface area (TPSA) is 26.0 Å². The van der Waals surface area contributed by atoms with E-state index in [0.29, 0.717) is 12.0 Å². The average Bonchev–Trinajstić information content (AvgIpc) is 2.20. The largest absolute Gasteiger partial charge is 0.327 e. The van der Waals surface area contributed by atoms with Gasteiger partial charge in [-0.2, -0.15) is 0 Å². The van der Waals surface area contributed by atoms with Gasteiger partial charge in [0.05, 0.1) is 0 Å². The summed E-state index contributed by atoms with van der Waals surface area (Å²) in [4.78, 5) is 0. The van der Waals surface area contributed by atoms with Gasteiger partial charge in [0.1, 0.15) is 0 Å². The molecule has 2 rings (SSSR count). The Morgan fingerprint density at radius 3 is 2.29 bits per heavy atom. The maximum Gasteiger partial charge on any atom is 0.0145 e. The summed E-state index contributed by atoms with van der Waals surface area (Å²) >= 11 is 0. The highest BCUT2D eigenvalue weighted by molar-refractivity contribution is 5.85. The Morgan fingerprint density at radius 1 is 1.00 bits per heavy atom. The molecule has 0 aliphatic heterocycles. The van der Waals surface area contributed by atoms with E-state index in [1.165, 1.54) is 5.56 Å². The molecule has 0 saturated heterocycles. The Bertz CT molecular complexity index is 294. The van der Waals surface area contributed by atoms with Crippen molar-refractivity contribution < 1.29 is 0 Å². The van der Waals surface area contributed by atoms with Gasteiger partial charge in [-0.15, -0.1) is 12.4 Å². The second-order valence-electron chi connectivity index (χ2n) is 3.62. The lowest BCUT2D eigenvalue weighted by Gasteiger charge is -2.25. The second kappa shape index (κ2) is 5.18. The van der Waals surface area contributed by atoms with Crippen molar-refractivity contribution in [2.45, 2.75) is 24.8 Å². The summed E-state index contributed by atoms with van der Waals surface area (Å²) in [7, 11) is 0. The third kappa shape index (κ3) is 2.37. The molecule has 0 bridgehead atoms. The third-order valence-electron chi connectivity index (χ3n) is 2.71. The molecule has 0 saturated carbocycles. The summed E-state index contributed by atoms with van der Waals surface area (Å²) in [6, 6.07) is 10.9. The SMILES string of the molecule is Cl.NC1CC=CCC1c1ccccc1. The van der Waals surface area contributed by atoms with E-state index in [1.54, 1.807) is 0 Å². The first-order valence-corrected chi connectivity index (χ1v) is 4.83. The van der Waals surface area contributed by atoms with Crippen LogP contribution in [-0.2, 0) is 0 Å². The predicted octanol–water partition coefficient (Wildman–Crippen LogP) is 2.87. The van der Waals surface area contributed by atoms with Crippen LogP contribution in [0.25, 0.3) is 0 Å². The van der Waals surface area contributed by atoms with Crippen LogP contribution in [0.1, 0.15) is 24.3 Å². The monoisotopic (exact) mass is 209 g/mol. The quantitative estimate of drug-likeness (QED) is 0.708. The average molecular weight is 210 g/mol. The van der Waals surface area contributed by atoms with E-state index >= 15 is 0 Å². The van der Waals surface area contributed by atoms with Crippen LogP contribution in [0.2, 0.25) is 0 Å². The summed E-state index contributed by atoms with van der Waals surface area (Å²) in [5.74, 6) is 0.520. The lowest BCUT2D eigenvalue weighted by Crippen LogP contribution is -2.29. The third-order valence-corrected chi connectivity index (χ3v) is 2.71. The molecule has 2 N–H and O–H groups in total. The molecule has 0 aromatic heterocycles. The number of hydrogen-bond donors (Lipinski definition) is 1. The van der Waals surface area contributed by atoms with Gasteiger partial charge in [0.25, 0.3) is 0 Å². The van der Waals surface area contributed by atoms with Gasteiger partial charge >= 0.3 is 0 Å². The zero-order valence-corrected chi connectivity index (χ0v) is 8.91. The molecule has 76 valence electrons. The van der Waals surface area contributed by atoms with E-state index in [1.807, 2.05) is 6.07 Å². The summed E-state index contributed by atoms with van der Waals surface area (Å²) in [6.07, 6.45) is 6.52.